The van der Waals surface area contributed by atoms with Crippen LogP contribution in [0.4, 0.5) is 5.69 Å². The SMILES string of the molecule is CC(C)COC(=O)C(C)Nc1ccc(C(=O)c2ccccc2)cc1. The summed E-state index contributed by atoms with van der Waals surface area (Å²) in [5.74, 6) is 0.00381. The van der Waals surface area contributed by atoms with E-state index < -0.39 is 6.04 Å². The number of rotatable bonds is 7. The number of carbonyl (C=O) groups is 2. The lowest BCUT2D eigenvalue weighted by molar-refractivity contribution is -0.145. The summed E-state index contributed by atoms with van der Waals surface area (Å²) in [6, 6.07) is 15.8. The Labute approximate surface area is 142 Å². The van der Waals surface area contributed by atoms with E-state index in [4.69, 9.17) is 4.74 Å². The van der Waals surface area contributed by atoms with E-state index in [0.29, 0.717) is 23.7 Å². The molecule has 1 atom stereocenters. The molecule has 0 radical (unpaired) electrons. The molecule has 0 spiro atoms. The summed E-state index contributed by atoms with van der Waals surface area (Å²) in [4.78, 5) is 24.2. The predicted octanol–water partition coefficient (Wildman–Crippen LogP) is 3.92. The van der Waals surface area contributed by atoms with Gasteiger partial charge in [-0.1, -0.05) is 44.2 Å². The van der Waals surface area contributed by atoms with Crippen LogP contribution in [-0.2, 0) is 9.53 Å². The van der Waals surface area contributed by atoms with Gasteiger partial charge in [-0.3, -0.25) is 4.79 Å². The Balaban J connectivity index is 1.97. The van der Waals surface area contributed by atoms with Crippen LogP contribution in [-0.4, -0.2) is 24.4 Å². The van der Waals surface area contributed by atoms with Gasteiger partial charge in [-0.05, 0) is 37.1 Å². The average molecular weight is 325 g/mol. The minimum Gasteiger partial charge on any atom is -0.464 e. The molecule has 24 heavy (non-hydrogen) atoms. The van der Waals surface area contributed by atoms with Gasteiger partial charge in [0.2, 0.25) is 0 Å². The van der Waals surface area contributed by atoms with Crippen LogP contribution >= 0.6 is 0 Å². The van der Waals surface area contributed by atoms with Crippen molar-refractivity contribution in [1.29, 1.82) is 0 Å². The van der Waals surface area contributed by atoms with Gasteiger partial charge >= 0.3 is 5.97 Å². The Morgan fingerprint density at radius 1 is 0.917 bits per heavy atom. The normalized spacial score (nSPS) is 11.8. The monoisotopic (exact) mass is 325 g/mol. The van der Waals surface area contributed by atoms with E-state index in [1.807, 2.05) is 32.0 Å². The second kappa shape index (κ2) is 8.29. The van der Waals surface area contributed by atoms with Gasteiger partial charge < -0.3 is 10.1 Å². The molecular weight excluding hydrogens is 302 g/mol. The van der Waals surface area contributed by atoms with Gasteiger partial charge in [-0.2, -0.15) is 0 Å². The minimum absolute atomic E-state index is 0.0217. The summed E-state index contributed by atoms with van der Waals surface area (Å²) in [5, 5.41) is 3.09. The van der Waals surface area contributed by atoms with Crippen molar-refractivity contribution in [3.8, 4) is 0 Å². The summed E-state index contributed by atoms with van der Waals surface area (Å²) in [6.07, 6.45) is 0. The van der Waals surface area contributed by atoms with E-state index in [1.54, 1.807) is 43.3 Å². The summed E-state index contributed by atoms with van der Waals surface area (Å²) < 4.78 is 5.20. The maximum atomic E-state index is 12.3. The Morgan fingerprint density at radius 3 is 2.08 bits per heavy atom. The number of ketones is 1. The molecule has 2 rings (SSSR count). The van der Waals surface area contributed by atoms with Crippen LogP contribution in [0, 0.1) is 5.92 Å². The van der Waals surface area contributed by atoms with Crippen molar-refractivity contribution >= 4 is 17.4 Å². The van der Waals surface area contributed by atoms with Gasteiger partial charge in [-0.25, -0.2) is 4.79 Å². The molecule has 1 N–H and O–H groups in total. The highest BCUT2D eigenvalue weighted by atomic mass is 16.5. The molecule has 0 bridgehead atoms. The molecule has 0 fully saturated rings. The lowest BCUT2D eigenvalue weighted by Gasteiger charge is -2.15. The van der Waals surface area contributed by atoms with Crippen molar-refractivity contribution in [2.24, 2.45) is 5.92 Å². The number of anilines is 1. The van der Waals surface area contributed by atoms with Gasteiger partial charge in [0.1, 0.15) is 6.04 Å². The maximum absolute atomic E-state index is 12.3. The fraction of sp³-hybridized carbons (Fsp3) is 0.300. The number of ether oxygens (including phenoxy) is 1. The molecule has 0 aromatic heterocycles. The summed E-state index contributed by atoms with van der Waals surface area (Å²) in [6.45, 7) is 6.16. The van der Waals surface area contributed by atoms with Crippen molar-refractivity contribution in [2.75, 3.05) is 11.9 Å². The first-order valence-corrected chi connectivity index (χ1v) is 8.10. The summed E-state index contributed by atoms with van der Waals surface area (Å²) in [5.41, 5.74) is 2.04. The number of carbonyl (C=O) groups excluding carboxylic acids is 2. The number of benzene rings is 2. The molecule has 0 heterocycles. The molecule has 0 amide bonds. The zero-order valence-electron chi connectivity index (χ0n) is 14.3. The first-order chi connectivity index (χ1) is 11.5. The van der Waals surface area contributed by atoms with Gasteiger partial charge in [0.25, 0.3) is 0 Å². The Bertz CT molecular complexity index is 678. The first-order valence-electron chi connectivity index (χ1n) is 8.10. The molecule has 0 saturated heterocycles. The molecule has 0 saturated carbocycles. The van der Waals surface area contributed by atoms with Crippen LogP contribution in [0.1, 0.15) is 36.7 Å². The molecule has 1 unspecified atom stereocenters. The quantitative estimate of drug-likeness (QED) is 0.619. The van der Waals surface area contributed by atoms with E-state index in [1.165, 1.54) is 0 Å². The topological polar surface area (TPSA) is 55.4 Å². The molecule has 0 aliphatic carbocycles. The average Bonchev–Trinajstić information content (AvgIpc) is 2.60. The number of hydrogen-bond donors (Lipinski definition) is 1. The van der Waals surface area contributed by atoms with E-state index in [-0.39, 0.29) is 11.8 Å². The first kappa shape index (κ1) is 17.7. The van der Waals surface area contributed by atoms with Crippen molar-refractivity contribution in [3.63, 3.8) is 0 Å². The van der Waals surface area contributed by atoms with E-state index >= 15 is 0 Å². The zero-order valence-corrected chi connectivity index (χ0v) is 14.3. The van der Waals surface area contributed by atoms with Gasteiger partial charge in [-0.15, -0.1) is 0 Å². The van der Waals surface area contributed by atoms with Crippen LogP contribution in [0.2, 0.25) is 0 Å². The Morgan fingerprint density at radius 2 is 1.50 bits per heavy atom. The third-order valence-electron chi connectivity index (χ3n) is 3.48. The third-order valence-corrected chi connectivity index (χ3v) is 3.48. The van der Waals surface area contributed by atoms with Gasteiger partial charge in [0.05, 0.1) is 6.61 Å². The van der Waals surface area contributed by atoms with Gasteiger partial charge in [0, 0.05) is 16.8 Å². The van der Waals surface area contributed by atoms with Crippen LogP contribution in [0.25, 0.3) is 0 Å². The fourth-order valence-corrected chi connectivity index (χ4v) is 2.16. The fourth-order valence-electron chi connectivity index (χ4n) is 2.16. The zero-order chi connectivity index (χ0) is 17.5. The molecule has 2 aromatic carbocycles. The predicted molar refractivity (Wildman–Crippen MR) is 95.2 cm³/mol. The summed E-state index contributed by atoms with van der Waals surface area (Å²) in [7, 11) is 0. The van der Waals surface area contributed by atoms with Crippen LogP contribution in [0.3, 0.4) is 0 Å². The van der Waals surface area contributed by atoms with Crippen molar-refractivity contribution < 1.29 is 14.3 Å². The lowest BCUT2D eigenvalue weighted by atomic mass is 10.0. The van der Waals surface area contributed by atoms with Crippen LogP contribution in [0.5, 0.6) is 0 Å². The largest absolute Gasteiger partial charge is 0.464 e. The van der Waals surface area contributed by atoms with E-state index in [9.17, 15) is 9.59 Å². The molecule has 4 heteroatoms. The molecule has 0 aliphatic rings. The Kier molecular flexibility index (Phi) is 6.13. The molecule has 0 aliphatic heterocycles. The van der Waals surface area contributed by atoms with E-state index in [2.05, 4.69) is 5.32 Å². The second-order valence-corrected chi connectivity index (χ2v) is 6.16. The molecule has 4 nitrogen and oxygen atoms in total. The standard InChI is InChI=1S/C20H23NO3/c1-14(2)13-24-20(23)15(3)21-18-11-9-17(10-12-18)19(22)16-7-5-4-6-8-16/h4-12,14-15,21H,13H2,1-3H3. The highest BCUT2D eigenvalue weighted by Gasteiger charge is 2.15. The molecule has 2 aromatic rings. The van der Waals surface area contributed by atoms with Gasteiger partial charge in [0.15, 0.2) is 5.78 Å². The van der Waals surface area contributed by atoms with Crippen molar-refractivity contribution in [2.45, 2.75) is 26.8 Å². The number of hydrogen-bond acceptors (Lipinski definition) is 4. The van der Waals surface area contributed by atoms with Crippen LogP contribution < -0.4 is 5.32 Å². The highest BCUT2D eigenvalue weighted by molar-refractivity contribution is 6.09. The minimum atomic E-state index is -0.445. The third kappa shape index (κ3) is 4.95. The molecular formula is C20H23NO3. The van der Waals surface area contributed by atoms with Crippen molar-refractivity contribution in [3.05, 3.63) is 65.7 Å². The lowest BCUT2D eigenvalue weighted by Crippen LogP contribution is -2.29. The summed E-state index contributed by atoms with van der Waals surface area (Å²) >= 11 is 0. The van der Waals surface area contributed by atoms with Crippen molar-refractivity contribution in [1.82, 2.24) is 0 Å². The number of nitrogens with one attached hydrogen (secondary N) is 1. The second-order valence-electron chi connectivity index (χ2n) is 6.16. The van der Waals surface area contributed by atoms with Crippen LogP contribution in [0.15, 0.2) is 54.6 Å². The smallest absolute Gasteiger partial charge is 0.328 e. The highest BCUT2D eigenvalue weighted by Crippen LogP contribution is 2.15. The maximum Gasteiger partial charge on any atom is 0.328 e. The number of esters is 1. The van der Waals surface area contributed by atoms with E-state index in [0.717, 1.165) is 5.69 Å². The Hall–Kier alpha value is -2.62. The molecule has 126 valence electrons.